The van der Waals surface area contributed by atoms with Crippen molar-refractivity contribution in [3.63, 3.8) is 0 Å². The van der Waals surface area contributed by atoms with Crippen molar-refractivity contribution in [3.8, 4) is 0 Å². The van der Waals surface area contributed by atoms with E-state index in [4.69, 9.17) is 9.90 Å². The standard InChI is InChI=1S/C10H16O.C2H4O2/c1-6-8-4-7(5-9(8)11)10(6,2)3;1-2(3)4/h7-9,11H,1,4-5H2,2-3H3;1H3,(H,3,4). The van der Waals surface area contributed by atoms with Gasteiger partial charge in [0.15, 0.2) is 0 Å². The first-order chi connectivity index (χ1) is 6.76. The minimum Gasteiger partial charge on any atom is -0.481 e. The smallest absolute Gasteiger partial charge is 0.300 e. The van der Waals surface area contributed by atoms with Crippen LogP contribution in [0, 0.1) is 17.3 Å². The van der Waals surface area contributed by atoms with Crippen LogP contribution in [0.3, 0.4) is 0 Å². The number of carboxylic acid groups (broad SMARTS) is 1. The highest BCUT2D eigenvalue weighted by atomic mass is 16.4. The van der Waals surface area contributed by atoms with Gasteiger partial charge in [0, 0.05) is 12.8 Å². The van der Waals surface area contributed by atoms with Gasteiger partial charge in [-0.2, -0.15) is 0 Å². The van der Waals surface area contributed by atoms with Crippen LogP contribution in [-0.4, -0.2) is 22.3 Å². The molecule has 0 saturated heterocycles. The zero-order valence-electron chi connectivity index (χ0n) is 9.66. The van der Waals surface area contributed by atoms with Gasteiger partial charge in [-0.1, -0.05) is 26.0 Å². The van der Waals surface area contributed by atoms with Crippen molar-refractivity contribution in [1.29, 1.82) is 0 Å². The molecule has 2 fully saturated rings. The molecule has 3 nitrogen and oxygen atoms in total. The lowest BCUT2D eigenvalue weighted by Crippen LogP contribution is -2.29. The van der Waals surface area contributed by atoms with Gasteiger partial charge in [0.25, 0.3) is 5.97 Å². The fourth-order valence-electron chi connectivity index (χ4n) is 2.72. The molecule has 2 aliphatic carbocycles. The molecule has 0 aliphatic heterocycles. The molecule has 2 aliphatic rings. The van der Waals surface area contributed by atoms with E-state index < -0.39 is 5.97 Å². The molecule has 86 valence electrons. The first-order valence-corrected chi connectivity index (χ1v) is 5.33. The monoisotopic (exact) mass is 212 g/mol. The Hall–Kier alpha value is -0.830. The molecule has 15 heavy (non-hydrogen) atoms. The van der Waals surface area contributed by atoms with E-state index in [1.54, 1.807) is 0 Å². The van der Waals surface area contributed by atoms with Gasteiger partial charge in [0.2, 0.25) is 0 Å². The number of hydrogen-bond acceptors (Lipinski definition) is 2. The minimum atomic E-state index is -0.833. The molecule has 0 aromatic heterocycles. The first-order valence-electron chi connectivity index (χ1n) is 5.33. The summed E-state index contributed by atoms with van der Waals surface area (Å²) in [5, 5.41) is 17.0. The largest absolute Gasteiger partial charge is 0.481 e. The first kappa shape index (κ1) is 12.2. The van der Waals surface area contributed by atoms with Gasteiger partial charge in [0.05, 0.1) is 6.10 Å². The van der Waals surface area contributed by atoms with E-state index >= 15 is 0 Å². The van der Waals surface area contributed by atoms with Crippen molar-refractivity contribution < 1.29 is 15.0 Å². The molecule has 3 heteroatoms. The minimum absolute atomic E-state index is 0.0828. The Kier molecular flexibility index (Phi) is 3.24. The highest BCUT2D eigenvalue weighted by Crippen LogP contribution is 2.58. The molecule has 2 bridgehead atoms. The predicted molar refractivity (Wildman–Crippen MR) is 58.5 cm³/mol. The molecule has 0 spiro atoms. The fourth-order valence-corrected chi connectivity index (χ4v) is 2.72. The molecule has 0 amide bonds. The van der Waals surface area contributed by atoms with Crippen LogP contribution < -0.4 is 0 Å². The number of aliphatic carboxylic acids is 1. The lowest BCUT2D eigenvalue weighted by atomic mass is 9.73. The van der Waals surface area contributed by atoms with E-state index in [0.29, 0.717) is 17.3 Å². The number of hydrogen-bond donors (Lipinski definition) is 2. The number of rotatable bonds is 0. The summed E-state index contributed by atoms with van der Waals surface area (Å²) in [6.07, 6.45) is 2.09. The number of aliphatic hydroxyl groups is 1. The Bertz CT molecular complexity index is 277. The van der Waals surface area contributed by atoms with Gasteiger partial charge in [-0.15, -0.1) is 0 Å². The molecule has 0 radical (unpaired) electrons. The molecule has 0 aromatic carbocycles. The number of fused-ring (bicyclic) bond motifs is 2. The average molecular weight is 212 g/mol. The number of aliphatic hydroxyl groups excluding tert-OH is 1. The Morgan fingerprint density at radius 2 is 1.93 bits per heavy atom. The Balaban J connectivity index is 0.000000245. The van der Waals surface area contributed by atoms with Gasteiger partial charge in [0.1, 0.15) is 0 Å². The zero-order valence-corrected chi connectivity index (χ0v) is 9.66. The Morgan fingerprint density at radius 1 is 1.47 bits per heavy atom. The van der Waals surface area contributed by atoms with E-state index in [2.05, 4.69) is 20.4 Å². The highest BCUT2D eigenvalue weighted by Gasteiger charge is 2.52. The average Bonchev–Trinajstić information content (AvgIpc) is 2.52. The third-order valence-corrected chi connectivity index (χ3v) is 3.82. The number of carboxylic acids is 1. The maximum absolute atomic E-state index is 9.56. The summed E-state index contributed by atoms with van der Waals surface area (Å²) < 4.78 is 0. The van der Waals surface area contributed by atoms with Gasteiger partial charge in [-0.3, -0.25) is 4.79 Å². The van der Waals surface area contributed by atoms with Crippen LogP contribution in [-0.2, 0) is 4.79 Å². The molecule has 0 aromatic rings. The summed E-state index contributed by atoms with van der Waals surface area (Å²) in [6.45, 7) is 9.68. The van der Waals surface area contributed by atoms with Crippen molar-refractivity contribution in [2.45, 2.75) is 39.7 Å². The van der Waals surface area contributed by atoms with Gasteiger partial charge in [-0.05, 0) is 24.2 Å². The van der Waals surface area contributed by atoms with Crippen LogP contribution in [0.4, 0.5) is 0 Å². The molecular weight excluding hydrogens is 192 g/mol. The van der Waals surface area contributed by atoms with E-state index in [-0.39, 0.29) is 6.10 Å². The van der Waals surface area contributed by atoms with Crippen molar-refractivity contribution in [2.24, 2.45) is 17.3 Å². The third kappa shape index (κ3) is 2.23. The van der Waals surface area contributed by atoms with Crippen LogP contribution in [0.2, 0.25) is 0 Å². The fraction of sp³-hybridized carbons (Fsp3) is 0.750. The lowest BCUT2D eigenvalue weighted by Gasteiger charge is -2.34. The van der Waals surface area contributed by atoms with Gasteiger partial charge < -0.3 is 10.2 Å². The summed E-state index contributed by atoms with van der Waals surface area (Å²) in [7, 11) is 0. The lowest BCUT2D eigenvalue weighted by molar-refractivity contribution is -0.134. The van der Waals surface area contributed by atoms with Crippen LogP contribution in [0.15, 0.2) is 12.2 Å². The predicted octanol–water partition coefficient (Wildman–Crippen LogP) is 2.06. The topological polar surface area (TPSA) is 57.5 Å². The molecule has 2 N–H and O–H groups in total. The summed E-state index contributed by atoms with van der Waals surface area (Å²) in [5.41, 5.74) is 1.57. The van der Waals surface area contributed by atoms with Crippen molar-refractivity contribution in [1.82, 2.24) is 0 Å². The Labute approximate surface area is 90.8 Å². The summed E-state index contributed by atoms with van der Waals surface area (Å²) in [5.74, 6) is 0.269. The molecule has 0 heterocycles. The Morgan fingerprint density at radius 3 is 2.20 bits per heavy atom. The van der Waals surface area contributed by atoms with Gasteiger partial charge in [-0.25, -0.2) is 0 Å². The van der Waals surface area contributed by atoms with Gasteiger partial charge >= 0.3 is 0 Å². The second kappa shape index (κ2) is 3.97. The molecule has 2 saturated carbocycles. The quantitative estimate of drug-likeness (QED) is 0.604. The normalized spacial score (nSPS) is 36.0. The second-order valence-corrected chi connectivity index (χ2v) is 5.11. The van der Waals surface area contributed by atoms with E-state index in [1.807, 2.05) is 0 Å². The van der Waals surface area contributed by atoms with Crippen molar-refractivity contribution in [2.75, 3.05) is 0 Å². The van der Waals surface area contributed by atoms with Crippen LogP contribution in [0.5, 0.6) is 0 Å². The second-order valence-electron chi connectivity index (χ2n) is 5.11. The summed E-state index contributed by atoms with van der Waals surface area (Å²) in [4.78, 5) is 9.00. The molecule has 2 rings (SSSR count). The van der Waals surface area contributed by atoms with Crippen LogP contribution >= 0.6 is 0 Å². The van der Waals surface area contributed by atoms with E-state index in [1.165, 1.54) is 12.0 Å². The maximum Gasteiger partial charge on any atom is 0.300 e. The maximum atomic E-state index is 9.56. The van der Waals surface area contributed by atoms with Crippen LogP contribution in [0.25, 0.3) is 0 Å². The summed E-state index contributed by atoms with van der Waals surface area (Å²) >= 11 is 0. The molecular formula is C12H20O3. The molecule has 3 atom stereocenters. The van der Waals surface area contributed by atoms with Crippen LogP contribution in [0.1, 0.15) is 33.6 Å². The van der Waals surface area contributed by atoms with Crippen molar-refractivity contribution in [3.05, 3.63) is 12.2 Å². The summed E-state index contributed by atoms with van der Waals surface area (Å²) in [6, 6.07) is 0. The molecule has 3 unspecified atom stereocenters. The number of carbonyl (C=O) groups is 1. The third-order valence-electron chi connectivity index (χ3n) is 3.82. The zero-order chi connectivity index (χ0) is 11.8. The highest BCUT2D eigenvalue weighted by molar-refractivity contribution is 5.62. The van der Waals surface area contributed by atoms with E-state index in [0.717, 1.165) is 13.3 Å². The SMILES string of the molecule is C=C1C2CC(CC2O)C1(C)C.CC(=O)O. The van der Waals surface area contributed by atoms with E-state index in [9.17, 15) is 5.11 Å². The van der Waals surface area contributed by atoms with Crippen molar-refractivity contribution >= 4 is 5.97 Å².